The third kappa shape index (κ3) is 5.70. The molecule has 2 N–H and O–H groups in total. The summed E-state index contributed by atoms with van der Waals surface area (Å²) in [5, 5.41) is 10.3. The Bertz CT molecular complexity index is 1080. The third-order valence-corrected chi connectivity index (χ3v) is 9.40. The van der Waals surface area contributed by atoms with Crippen molar-refractivity contribution >= 4 is 15.9 Å². The van der Waals surface area contributed by atoms with E-state index in [9.17, 15) is 13.2 Å². The molecule has 3 aliphatic rings. The van der Waals surface area contributed by atoms with Gasteiger partial charge in [-0.05, 0) is 69.5 Å². The van der Waals surface area contributed by atoms with E-state index in [1.807, 2.05) is 30.3 Å². The van der Waals surface area contributed by atoms with Gasteiger partial charge in [-0.1, -0.05) is 35.5 Å². The van der Waals surface area contributed by atoms with Gasteiger partial charge < -0.3 is 15.2 Å². The highest BCUT2D eigenvalue weighted by atomic mass is 32.2. The van der Waals surface area contributed by atoms with Crippen molar-refractivity contribution in [3.8, 4) is 0 Å². The molecule has 1 aromatic heterocycles. The van der Waals surface area contributed by atoms with Crippen LogP contribution >= 0.6 is 0 Å². The Morgan fingerprint density at radius 2 is 1.88 bits per heavy atom. The lowest BCUT2D eigenvalue weighted by Crippen LogP contribution is -2.53. The van der Waals surface area contributed by atoms with Crippen molar-refractivity contribution in [2.75, 3.05) is 25.4 Å². The predicted octanol–water partition coefficient (Wildman–Crippen LogP) is 2.69. The second-order valence-electron chi connectivity index (χ2n) is 10.0. The normalized spacial score (nSPS) is 24.7. The molecule has 1 amide bonds. The number of nitrogens with one attached hydrogen (secondary N) is 2. The lowest BCUT2D eigenvalue weighted by molar-refractivity contribution is 0.0902. The summed E-state index contributed by atoms with van der Waals surface area (Å²) in [4.78, 5) is 12.8. The van der Waals surface area contributed by atoms with Crippen molar-refractivity contribution in [2.45, 2.75) is 62.9 Å². The number of aromatic nitrogens is 1. The maximum absolute atomic E-state index is 13.5. The van der Waals surface area contributed by atoms with Crippen LogP contribution in [0.1, 0.15) is 66.3 Å². The molecular formula is C25H34N4O4S. The first-order chi connectivity index (χ1) is 16.5. The zero-order valence-electron chi connectivity index (χ0n) is 19.5. The zero-order chi connectivity index (χ0) is 23.5. The summed E-state index contributed by atoms with van der Waals surface area (Å²) >= 11 is 0. The molecule has 1 aromatic carbocycles. The largest absolute Gasteiger partial charge is 0.360 e. The number of hydrogen-bond acceptors (Lipinski definition) is 6. The van der Waals surface area contributed by atoms with E-state index < -0.39 is 10.0 Å². The zero-order valence-corrected chi connectivity index (χ0v) is 20.3. The molecule has 3 heterocycles. The molecule has 2 saturated heterocycles. The van der Waals surface area contributed by atoms with Crippen LogP contribution in [0.4, 0.5) is 0 Å². The number of carbonyl (C=O) groups is 1. The van der Waals surface area contributed by atoms with Crippen LogP contribution in [-0.2, 0) is 16.4 Å². The third-order valence-electron chi connectivity index (χ3n) is 7.31. The van der Waals surface area contributed by atoms with Crippen LogP contribution in [0.5, 0.6) is 0 Å². The van der Waals surface area contributed by atoms with Gasteiger partial charge in [0.25, 0.3) is 5.91 Å². The minimum absolute atomic E-state index is 0.104. The molecule has 0 radical (unpaired) electrons. The van der Waals surface area contributed by atoms with Gasteiger partial charge in [0.15, 0.2) is 5.69 Å². The van der Waals surface area contributed by atoms with Gasteiger partial charge >= 0.3 is 0 Å². The molecule has 1 saturated carbocycles. The van der Waals surface area contributed by atoms with Crippen LogP contribution in [0.15, 0.2) is 40.9 Å². The number of amides is 1. The summed E-state index contributed by atoms with van der Waals surface area (Å²) in [6.45, 7) is 2.18. The molecule has 8 nitrogen and oxygen atoms in total. The molecule has 0 unspecified atom stereocenters. The molecule has 184 valence electrons. The van der Waals surface area contributed by atoms with Crippen LogP contribution in [0.2, 0.25) is 0 Å². The van der Waals surface area contributed by atoms with Gasteiger partial charge in [-0.25, -0.2) is 8.42 Å². The van der Waals surface area contributed by atoms with Gasteiger partial charge in [-0.3, -0.25) is 4.79 Å². The Morgan fingerprint density at radius 1 is 1.12 bits per heavy atom. The van der Waals surface area contributed by atoms with Gasteiger partial charge in [0.2, 0.25) is 10.0 Å². The molecule has 0 spiro atoms. The minimum atomic E-state index is -3.39. The molecule has 1 aliphatic carbocycles. The van der Waals surface area contributed by atoms with Crippen LogP contribution in [0.3, 0.4) is 0 Å². The number of sulfonamides is 1. The highest BCUT2D eigenvalue weighted by Crippen LogP contribution is 2.40. The standard InChI is InChI=1S/C25H34N4O4S/c30-25(23-16-24(33-28-23)20-6-7-20)27-21-10-13-29(22(15-21)14-18-4-2-1-3-5-18)34(31,32)17-19-8-11-26-12-9-19/h1-5,16,19-22,26H,6-15,17H2,(H,27,30)/t21-,22-/m1/s1. The fraction of sp³-hybridized carbons (Fsp3) is 0.600. The average Bonchev–Trinajstić information content (AvgIpc) is 3.56. The second-order valence-corrected chi connectivity index (χ2v) is 12.0. The fourth-order valence-corrected chi connectivity index (χ4v) is 7.37. The van der Waals surface area contributed by atoms with Gasteiger partial charge in [-0.2, -0.15) is 4.31 Å². The first kappa shape index (κ1) is 23.5. The number of carbonyl (C=O) groups excluding carboxylic acids is 1. The van der Waals surface area contributed by atoms with E-state index in [0.717, 1.165) is 50.1 Å². The van der Waals surface area contributed by atoms with Gasteiger partial charge in [-0.15, -0.1) is 0 Å². The summed E-state index contributed by atoms with van der Waals surface area (Å²) in [6, 6.07) is 11.4. The first-order valence-corrected chi connectivity index (χ1v) is 14.1. The Kier molecular flexibility index (Phi) is 7.04. The van der Waals surface area contributed by atoms with Crippen LogP contribution in [0, 0.1) is 5.92 Å². The summed E-state index contributed by atoms with van der Waals surface area (Å²) in [5.41, 5.74) is 1.41. The predicted molar refractivity (Wildman–Crippen MR) is 129 cm³/mol. The summed E-state index contributed by atoms with van der Waals surface area (Å²) < 4.78 is 34.0. The van der Waals surface area contributed by atoms with E-state index >= 15 is 0 Å². The number of nitrogens with zero attached hydrogens (tertiary/aromatic N) is 2. The highest BCUT2D eigenvalue weighted by Gasteiger charge is 2.38. The molecule has 2 aromatic rings. The first-order valence-electron chi connectivity index (χ1n) is 12.5. The van der Waals surface area contributed by atoms with E-state index in [-0.39, 0.29) is 29.7 Å². The van der Waals surface area contributed by atoms with Crippen molar-refractivity contribution in [1.82, 2.24) is 20.1 Å². The van der Waals surface area contributed by atoms with Crippen molar-refractivity contribution in [3.05, 3.63) is 53.4 Å². The molecule has 9 heteroatoms. The van der Waals surface area contributed by atoms with E-state index in [0.29, 0.717) is 37.4 Å². The maximum Gasteiger partial charge on any atom is 0.273 e. The molecular weight excluding hydrogens is 452 g/mol. The molecule has 3 fully saturated rings. The van der Waals surface area contributed by atoms with Gasteiger partial charge in [0.1, 0.15) is 5.76 Å². The van der Waals surface area contributed by atoms with Gasteiger partial charge in [0, 0.05) is 30.6 Å². The summed E-state index contributed by atoms with van der Waals surface area (Å²) in [5.74, 6) is 1.35. The lowest BCUT2D eigenvalue weighted by Gasteiger charge is -2.39. The topological polar surface area (TPSA) is 105 Å². The Labute approximate surface area is 201 Å². The second kappa shape index (κ2) is 10.2. The maximum atomic E-state index is 13.5. The van der Waals surface area contributed by atoms with Crippen molar-refractivity contribution in [2.24, 2.45) is 5.92 Å². The van der Waals surface area contributed by atoms with Crippen molar-refractivity contribution < 1.29 is 17.7 Å². The number of benzene rings is 1. The van der Waals surface area contributed by atoms with Crippen molar-refractivity contribution in [3.63, 3.8) is 0 Å². The Balaban J connectivity index is 1.28. The minimum Gasteiger partial charge on any atom is -0.360 e. The van der Waals surface area contributed by atoms with Crippen LogP contribution in [0.25, 0.3) is 0 Å². The fourth-order valence-electron chi connectivity index (χ4n) is 5.26. The SMILES string of the molecule is O=C(N[C@@H]1CCN(S(=O)(=O)CC2CCNCC2)[C@H](Cc2ccccc2)C1)c1cc(C2CC2)on1. The number of piperidine rings is 2. The van der Waals surface area contributed by atoms with Crippen LogP contribution < -0.4 is 10.6 Å². The van der Waals surface area contributed by atoms with E-state index in [1.54, 1.807) is 10.4 Å². The Hall–Kier alpha value is -2.23. The lowest BCUT2D eigenvalue weighted by atomic mass is 9.94. The van der Waals surface area contributed by atoms with Crippen molar-refractivity contribution in [1.29, 1.82) is 0 Å². The summed E-state index contributed by atoms with van der Waals surface area (Å²) in [6.07, 6.45) is 5.78. The smallest absolute Gasteiger partial charge is 0.273 e. The number of rotatable bonds is 8. The molecule has 5 rings (SSSR count). The quantitative estimate of drug-likeness (QED) is 0.595. The summed E-state index contributed by atoms with van der Waals surface area (Å²) in [7, 11) is -3.39. The van der Waals surface area contributed by atoms with E-state index in [4.69, 9.17) is 4.52 Å². The molecule has 2 atom stereocenters. The van der Waals surface area contributed by atoms with E-state index in [1.165, 1.54) is 0 Å². The molecule has 2 aliphatic heterocycles. The van der Waals surface area contributed by atoms with Gasteiger partial charge in [0.05, 0.1) is 5.75 Å². The molecule has 34 heavy (non-hydrogen) atoms. The van der Waals surface area contributed by atoms with E-state index in [2.05, 4.69) is 15.8 Å². The monoisotopic (exact) mass is 486 g/mol. The highest BCUT2D eigenvalue weighted by molar-refractivity contribution is 7.89. The number of hydrogen-bond donors (Lipinski definition) is 2. The van der Waals surface area contributed by atoms with Crippen LogP contribution in [-0.4, -0.2) is 61.3 Å². The Morgan fingerprint density at radius 3 is 2.62 bits per heavy atom. The average molecular weight is 487 g/mol. The molecule has 0 bridgehead atoms.